The average Bonchev–Trinajstić information content (AvgIpc) is 3.52. The first-order chi connectivity index (χ1) is 14.3. The van der Waals surface area contributed by atoms with Crippen molar-refractivity contribution in [1.29, 1.82) is 0 Å². The Balaban J connectivity index is 1.55. The quantitative estimate of drug-likeness (QED) is 0.662. The highest BCUT2D eigenvalue weighted by Crippen LogP contribution is 2.32. The standard InChI is InChI=1S/C23H28N2O4S/c1-3-14-25(2)23(27)19-8-10-20(11-9-19)24-22(26)15-17-6-12-21(13-7-17)30(28,29)16-18-4-5-18/h6-13,18H,3-5,14-16H2,1-2H3,(H,24,26). The summed E-state index contributed by atoms with van der Waals surface area (Å²) in [6.45, 7) is 2.71. The maximum atomic E-state index is 12.3. The number of carbonyl (C=O) groups excluding carboxylic acids is 2. The van der Waals surface area contributed by atoms with Crippen LogP contribution < -0.4 is 5.32 Å². The number of carbonyl (C=O) groups is 2. The minimum Gasteiger partial charge on any atom is -0.342 e. The van der Waals surface area contributed by atoms with Crippen LogP contribution in [0.4, 0.5) is 5.69 Å². The van der Waals surface area contributed by atoms with E-state index in [1.54, 1.807) is 60.5 Å². The lowest BCUT2D eigenvalue weighted by Gasteiger charge is -2.16. The van der Waals surface area contributed by atoms with E-state index in [1.807, 2.05) is 6.92 Å². The van der Waals surface area contributed by atoms with Gasteiger partial charge in [0, 0.05) is 24.8 Å². The first-order valence-electron chi connectivity index (χ1n) is 10.3. The molecule has 1 saturated carbocycles. The van der Waals surface area contributed by atoms with Gasteiger partial charge in [-0.1, -0.05) is 19.1 Å². The van der Waals surface area contributed by atoms with Gasteiger partial charge >= 0.3 is 0 Å². The summed E-state index contributed by atoms with van der Waals surface area (Å²) in [6, 6.07) is 13.3. The van der Waals surface area contributed by atoms with Crippen molar-refractivity contribution in [2.45, 2.75) is 37.5 Å². The van der Waals surface area contributed by atoms with Crippen LogP contribution in [-0.4, -0.2) is 44.5 Å². The Labute approximate surface area is 178 Å². The molecular weight excluding hydrogens is 400 g/mol. The van der Waals surface area contributed by atoms with E-state index in [4.69, 9.17) is 0 Å². The fourth-order valence-corrected chi connectivity index (χ4v) is 4.95. The molecular formula is C23H28N2O4S. The summed E-state index contributed by atoms with van der Waals surface area (Å²) in [5.41, 5.74) is 1.93. The SMILES string of the molecule is CCCN(C)C(=O)c1ccc(NC(=O)Cc2ccc(S(=O)(=O)CC3CC3)cc2)cc1. The Kier molecular flexibility index (Phi) is 6.92. The maximum absolute atomic E-state index is 12.3. The predicted molar refractivity (Wildman–Crippen MR) is 117 cm³/mol. The minimum atomic E-state index is -3.24. The highest BCUT2D eigenvalue weighted by molar-refractivity contribution is 7.91. The average molecular weight is 429 g/mol. The summed E-state index contributed by atoms with van der Waals surface area (Å²) < 4.78 is 24.6. The third kappa shape index (κ3) is 5.92. The van der Waals surface area contributed by atoms with Crippen molar-refractivity contribution in [3.63, 3.8) is 0 Å². The number of rotatable bonds is 9. The Morgan fingerprint density at radius 1 is 1.03 bits per heavy atom. The lowest BCUT2D eigenvalue weighted by molar-refractivity contribution is -0.115. The van der Waals surface area contributed by atoms with Crippen LogP contribution in [0.2, 0.25) is 0 Å². The molecule has 0 bridgehead atoms. The number of sulfone groups is 1. The molecule has 2 aromatic carbocycles. The van der Waals surface area contributed by atoms with Crippen molar-refractivity contribution in [2.24, 2.45) is 5.92 Å². The Hall–Kier alpha value is -2.67. The Bertz CT molecular complexity index is 995. The molecule has 6 nitrogen and oxygen atoms in total. The van der Waals surface area contributed by atoms with Crippen molar-refractivity contribution in [1.82, 2.24) is 4.90 Å². The summed E-state index contributed by atoms with van der Waals surface area (Å²) in [6.07, 6.45) is 3.01. The first kappa shape index (κ1) is 22.0. The van der Waals surface area contributed by atoms with Gasteiger partial charge in [0.1, 0.15) is 0 Å². The number of hydrogen-bond donors (Lipinski definition) is 1. The van der Waals surface area contributed by atoms with Gasteiger partial charge in [-0.3, -0.25) is 9.59 Å². The lowest BCUT2D eigenvalue weighted by Crippen LogP contribution is -2.27. The van der Waals surface area contributed by atoms with E-state index in [-0.39, 0.29) is 24.0 Å². The van der Waals surface area contributed by atoms with Crippen LogP contribution in [0.5, 0.6) is 0 Å². The van der Waals surface area contributed by atoms with E-state index in [2.05, 4.69) is 5.32 Å². The number of nitrogens with zero attached hydrogens (tertiary/aromatic N) is 1. The summed E-state index contributed by atoms with van der Waals surface area (Å²) >= 11 is 0. The van der Waals surface area contributed by atoms with E-state index in [0.29, 0.717) is 28.6 Å². The van der Waals surface area contributed by atoms with Crippen LogP contribution in [0.1, 0.15) is 42.1 Å². The third-order valence-electron chi connectivity index (χ3n) is 5.12. The molecule has 0 spiro atoms. The molecule has 0 atom stereocenters. The van der Waals surface area contributed by atoms with Crippen LogP contribution in [0.15, 0.2) is 53.4 Å². The van der Waals surface area contributed by atoms with Crippen molar-refractivity contribution < 1.29 is 18.0 Å². The van der Waals surface area contributed by atoms with Gasteiger partial charge in [-0.15, -0.1) is 0 Å². The Morgan fingerprint density at radius 3 is 2.23 bits per heavy atom. The first-order valence-corrected chi connectivity index (χ1v) is 11.9. The molecule has 1 N–H and O–H groups in total. The molecule has 0 radical (unpaired) electrons. The zero-order valence-electron chi connectivity index (χ0n) is 17.4. The molecule has 30 heavy (non-hydrogen) atoms. The van der Waals surface area contributed by atoms with Gasteiger partial charge in [0.25, 0.3) is 5.91 Å². The topological polar surface area (TPSA) is 83.6 Å². The van der Waals surface area contributed by atoms with Crippen LogP contribution in [0.25, 0.3) is 0 Å². The molecule has 1 fully saturated rings. The van der Waals surface area contributed by atoms with E-state index in [9.17, 15) is 18.0 Å². The predicted octanol–water partition coefficient (Wildman–Crippen LogP) is 3.53. The van der Waals surface area contributed by atoms with Crippen molar-refractivity contribution in [3.05, 3.63) is 59.7 Å². The highest BCUT2D eigenvalue weighted by atomic mass is 32.2. The van der Waals surface area contributed by atoms with Gasteiger partial charge < -0.3 is 10.2 Å². The molecule has 0 saturated heterocycles. The molecule has 0 unspecified atom stereocenters. The molecule has 0 heterocycles. The summed E-state index contributed by atoms with van der Waals surface area (Å²) in [5.74, 6) is 0.255. The van der Waals surface area contributed by atoms with Crippen molar-refractivity contribution in [2.75, 3.05) is 24.7 Å². The molecule has 0 aliphatic heterocycles. The molecule has 1 aliphatic carbocycles. The maximum Gasteiger partial charge on any atom is 0.253 e. The summed E-state index contributed by atoms with van der Waals surface area (Å²) in [5, 5.41) is 2.81. The van der Waals surface area contributed by atoms with E-state index in [1.165, 1.54) is 0 Å². The fourth-order valence-electron chi connectivity index (χ4n) is 3.25. The molecule has 3 rings (SSSR count). The molecule has 1 aliphatic rings. The molecule has 2 aromatic rings. The summed E-state index contributed by atoms with van der Waals surface area (Å²) in [4.78, 5) is 26.6. The minimum absolute atomic E-state index is 0.0496. The van der Waals surface area contributed by atoms with Crippen LogP contribution in [0.3, 0.4) is 0 Å². The number of nitrogens with one attached hydrogen (secondary N) is 1. The number of amides is 2. The van der Waals surface area contributed by atoms with Crippen LogP contribution >= 0.6 is 0 Å². The second kappa shape index (κ2) is 9.43. The largest absolute Gasteiger partial charge is 0.342 e. The van der Waals surface area contributed by atoms with Gasteiger partial charge in [-0.2, -0.15) is 0 Å². The van der Waals surface area contributed by atoms with Crippen LogP contribution in [0, 0.1) is 5.92 Å². The lowest BCUT2D eigenvalue weighted by atomic mass is 10.1. The van der Waals surface area contributed by atoms with Crippen LogP contribution in [-0.2, 0) is 21.1 Å². The Morgan fingerprint density at radius 2 is 1.67 bits per heavy atom. The molecule has 160 valence electrons. The van der Waals surface area contributed by atoms with Crippen molar-refractivity contribution in [3.8, 4) is 0 Å². The monoisotopic (exact) mass is 428 g/mol. The molecule has 7 heteroatoms. The number of benzene rings is 2. The van der Waals surface area contributed by atoms with Gasteiger partial charge in [0.15, 0.2) is 9.84 Å². The van der Waals surface area contributed by atoms with Gasteiger partial charge in [0.05, 0.1) is 17.1 Å². The second-order valence-corrected chi connectivity index (χ2v) is 9.93. The second-order valence-electron chi connectivity index (χ2n) is 7.90. The third-order valence-corrected chi connectivity index (χ3v) is 7.02. The smallest absolute Gasteiger partial charge is 0.253 e. The highest BCUT2D eigenvalue weighted by Gasteiger charge is 2.28. The van der Waals surface area contributed by atoms with E-state index < -0.39 is 9.84 Å². The van der Waals surface area contributed by atoms with E-state index in [0.717, 1.165) is 24.8 Å². The molecule has 2 amide bonds. The molecule has 0 aromatic heterocycles. The normalized spacial score (nSPS) is 13.7. The van der Waals surface area contributed by atoms with Gasteiger partial charge in [-0.05, 0) is 67.1 Å². The fraction of sp³-hybridized carbons (Fsp3) is 0.391. The zero-order valence-corrected chi connectivity index (χ0v) is 18.2. The number of anilines is 1. The summed E-state index contributed by atoms with van der Waals surface area (Å²) in [7, 11) is -1.48. The number of hydrogen-bond acceptors (Lipinski definition) is 4. The van der Waals surface area contributed by atoms with Gasteiger partial charge in [-0.25, -0.2) is 8.42 Å². The van der Waals surface area contributed by atoms with E-state index >= 15 is 0 Å². The van der Waals surface area contributed by atoms with Crippen molar-refractivity contribution >= 4 is 27.3 Å². The zero-order chi connectivity index (χ0) is 21.7. The van der Waals surface area contributed by atoms with Gasteiger partial charge in [0.2, 0.25) is 5.91 Å².